The molecule has 0 radical (unpaired) electrons. The quantitative estimate of drug-likeness (QED) is 0.540. The smallest absolute Gasteiger partial charge is 0.273 e. The van der Waals surface area contributed by atoms with Crippen molar-refractivity contribution in [3.63, 3.8) is 0 Å². The molecule has 116 valence electrons. The fraction of sp³-hybridized carbons (Fsp3) is 0.167. The maximum absolute atomic E-state index is 9.09. The lowest BCUT2D eigenvalue weighted by molar-refractivity contribution is 0.267. The third-order valence-electron chi connectivity index (χ3n) is 1.81. The summed E-state index contributed by atoms with van der Waals surface area (Å²) >= 11 is 24.7. The number of carbonyl (C=O) groups excluding carboxylic acids is 1. The second-order valence-corrected chi connectivity index (χ2v) is 5.64. The number of thiocarbonyl (C=S) groups is 1. The van der Waals surface area contributed by atoms with Crippen LogP contribution in [0.3, 0.4) is 0 Å². The summed E-state index contributed by atoms with van der Waals surface area (Å²) in [6, 6.07) is 9.82. The largest absolute Gasteiger partial charge is 0.465 e. The molecule has 0 bridgehead atoms. The summed E-state index contributed by atoms with van der Waals surface area (Å²) in [4.78, 5) is 9.09. The van der Waals surface area contributed by atoms with E-state index in [1.54, 1.807) is 0 Å². The van der Waals surface area contributed by atoms with Crippen molar-refractivity contribution in [2.75, 3.05) is 6.61 Å². The predicted molar refractivity (Wildman–Crippen MR) is 95.0 cm³/mol. The molecule has 1 amide bonds. The second kappa shape index (κ2) is 11.9. The van der Waals surface area contributed by atoms with Crippen LogP contribution in [0.15, 0.2) is 39.9 Å². The maximum atomic E-state index is 9.09. The molecule has 0 saturated heterocycles. The third kappa shape index (κ3) is 12.8. The number of rotatable bonds is 4. The van der Waals surface area contributed by atoms with Gasteiger partial charge in [0.25, 0.3) is 10.4 Å². The Bertz CT molecular complexity index is 491. The van der Waals surface area contributed by atoms with E-state index in [2.05, 4.69) is 23.7 Å². The third-order valence-corrected chi connectivity index (χ3v) is 3.02. The van der Waals surface area contributed by atoms with Crippen LogP contribution >= 0.6 is 59.6 Å². The van der Waals surface area contributed by atoms with E-state index in [1.165, 1.54) is 0 Å². The highest BCUT2D eigenvalue weighted by Gasteiger charge is 2.02. The van der Waals surface area contributed by atoms with Crippen molar-refractivity contribution in [3.8, 4) is 0 Å². The van der Waals surface area contributed by atoms with Crippen molar-refractivity contribution in [3.05, 3.63) is 45.4 Å². The highest BCUT2D eigenvalue weighted by Crippen LogP contribution is 2.17. The molecule has 0 spiro atoms. The van der Waals surface area contributed by atoms with E-state index >= 15 is 0 Å². The van der Waals surface area contributed by atoms with E-state index < -0.39 is 5.24 Å². The van der Waals surface area contributed by atoms with Gasteiger partial charge in [-0.3, -0.25) is 4.79 Å². The Kier molecular flexibility index (Phi) is 11.6. The van der Waals surface area contributed by atoms with Gasteiger partial charge < -0.3 is 15.8 Å². The molecule has 0 saturated carbocycles. The van der Waals surface area contributed by atoms with Crippen molar-refractivity contribution >= 4 is 70.1 Å². The molecule has 0 aromatic heterocycles. The van der Waals surface area contributed by atoms with Gasteiger partial charge in [-0.1, -0.05) is 77.8 Å². The molecular weight excluding hydrogens is 375 g/mol. The van der Waals surface area contributed by atoms with Gasteiger partial charge in [0.05, 0.1) is 5.03 Å². The molecule has 0 aliphatic heterocycles. The molecule has 0 fully saturated rings. The number of thiol groups is 1. The normalized spacial score (nSPS) is 8.95. The van der Waals surface area contributed by atoms with Gasteiger partial charge in [0.15, 0.2) is 0 Å². The van der Waals surface area contributed by atoms with Gasteiger partial charge in [-0.05, 0) is 17.8 Å². The fourth-order valence-electron chi connectivity index (χ4n) is 1.00. The van der Waals surface area contributed by atoms with Crippen LogP contribution in [0.25, 0.3) is 0 Å². The number of hydrogen-bond donors (Lipinski definition) is 3. The molecule has 9 heteroatoms. The van der Waals surface area contributed by atoms with Crippen molar-refractivity contribution in [1.29, 1.82) is 0 Å². The first-order valence-electron chi connectivity index (χ1n) is 5.45. The van der Waals surface area contributed by atoms with Gasteiger partial charge in [-0.15, -0.1) is 0 Å². The number of hydrogen-bond acceptors (Lipinski definition) is 3. The lowest BCUT2D eigenvalue weighted by Crippen LogP contribution is -2.23. The van der Waals surface area contributed by atoms with Crippen molar-refractivity contribution in [2.45, 2.75) is 6.54 Å². The lowest BCUT2D eigenvalue weighted by atomic mass is 10.2. The molecule has 0 unspecified atom stereocenters. The minimum Gasteiger partial charge on any atom is -0.465 e. The molecule has 0 atom stereocenters. The lowest BCUT2D eigenvalue weighted by Gasteiger charge is -2.09. The number of nitrogens with two attached hydrogens (primary N) is 1. The first-order valence-corrected chi connectivity index (χ1v) is 7.44. The molecule has 3 N–H and O–H groups in total. The average molecular weight is 388 g/mol. The maximum Gasteiger partial charge on any atom is 0.273 e. The summed E-state index contributed by atoms with van der Waals surface area (Å²) in [7, 11) is 0. The van der Waals surface area contributed by atoms with Gasteiger partial charge >= 0.3 is 0 Å². The number of carbonyl (C=O) groups is 1. The van der Waals surface area contributed by atoms with E-state index in [9.17, 15) is 0 Å². The molecule has 1 rings (SSSR count). The minimum absolute atomic E-state index is 0.0162. The molecular formula is C12H13Cl3N2O2S2. The fourth-order valence-corrected chi connectivity index (χ4v) is 1.30. The Morgan fingerprint density at radius 3 is 2.29 bits per heavy atom. The van der Waals surface area contributed by atoms with E-state index in [1.807, 2.05) is 30.3 Å². The average Bonchev–Trinajstić information content (AvgIpc) is 2.42. The molecule has 0 aliphatic carbocycles. The standard InChI is InChI=1S/C11H10Cl3NOS.CH3NOS/c12-9(10(13)14)7-16-11(17)15-6-8-4-2-1-3-5-8;2-1(3)4/h1-5H,6-7H2,(H,15,17);(H3,2,3,4). The zero-order valence-electron chi connectivity index (χ0n) is 10.7. The van der Waals surface area contributed by atoms with Gasteiger partial charge in [0.1, 0.15) is 11.1 Å². The van der Waals surface area contributed by atoms with E-state index in [-0.39, 0.29) is 21.3 Å². The summed E-state index contributed by atoms with van der Waals surface area (Å²) < 4.78 is 5.13. The Balaban J connectivity index is 0.000000885. The summed E-state index contributed by atoms with van der Waals surface area (Å²) in [6.07, 6.45) is 0. The monoisotopic (exact) mass is 386 g/mol. The Morgan fingerprint density at radius 1 is 1.29 bits per heavy atom. The zero-order valence-corrected chi connectivity index (χ0v) is 14.7. The Hall–Kier alpha value is -0.660. The van der Waals surface area contributed by atoms with Crippen LogP contribution in [-0.4, -0.2) is 17.0 Å². The predicted octanol–water partition coefficient (Wildman–Crippen LogP) is 3.96. The zero-order chi connectivity index (χ0) is 16.3. The van der Waals surface area contributed by atoms with Gasteiger partial charge in [0, 0.05) is 6.54 Å². The summed E-state index contributed by atoms with van der Waals surface area (Å²) in [5, 5.41) is 2.77. The SMILES string of the molecule is NC(=O)S.S=C(NCc1ccccc1)OCC(Cl)=C(Cl)Cl. The number of halogens is 3. The molecule has 1 aromatic rings. The summed E-state index contributed by atoms with van der Waals surface area (Å²) in [6.45, 7) is 0.653. The highest BCUT2D eigenvalue weighted by molar-refractivity contribution is 7.96. The van der Waals surface area contributed by atoms with Crippen LogP contribution < -0.4 is 11.1 Å². The number of benzene rings is 1. The van der Waals surface area contributed by atoms with Gasteiger partial charge in [-0.25, -0.2) is 0 Å². The summed E-state index contributed by atoms with van der Waals surface area (Å²) in [5.74, 6) is 0. The first-order chi connectivity index (χ1) is 9.82. The van der Waals surface area contributed by atoms with Crippen LogP contribution in [-0.2, 0) is 11.3 Å². The topological polar surface area (TPSA) is 64.4 Å². The second-order valence-electron chi connectivity index (χ2n) is 3.42. The van der Waals surface area contributed by atoms with Crippen LogP contribution in [0, 0.1) is 0 Å². The number of nitrogens with one attached hydrogen (secondary N) is 1. The molecule has 1 aromatic carbocycles. The molecule has 0 heterocycles. The van der Waals surface area contributed by atoms with Crippen LogP contribution in [0.1, 0.15) is 5.56 Å². The minimum atomic E-state index is -0.639. The molecule has 21 heavy (non-hydrogen) atoms. The van der Waals surface area contributed by atoms with Crippen molar-refractivity contribution < 1.29 is 9.53 Å². The molecule has 0 aliphatic rings. The van der Waals surface area contributed by atoms with Crippen molar-refractivity contribution in [2.24, 2.45) is 5.73 Å². The number of ether oxygens (including phenoxy) is 1. The van der Waals surface area contributed by atoms with E-state index in [0.29, 0.717) is 6.54 Å². The summed E-state index contributed by atoms with van der Waals surface area (Å²) in [5.41, 5.74) is 5.44. The Morgan fingerprint density at radius 2 is 1.81 bits per heavy atom. The van der Waals surface area contributed by atoms with Gasteiger partial charge in [-0.2, -0.15) is 0 Å². The van der Waals surface area contributed by atoms with Crippen LogP contribution in [0.5, 0.6) is 0 Å². The van der Waals surface area contributed by atoms with Crippen LogP contribution in [0.2, 0.25) is 0 Å². The molecule has 4 nitrogen and oxygen atoms in total. The van der Waals surface area contributed by atoms with Crippen LogP contribution in [0.4, 0.5) is 4.79 Å². The number of primary amides is 1. The highest BCUT2D eigenvalue weighted by atomic mass is 35.5. The van der Waals surface area contributed by atoms with Gasteiger partial charge in [0.2, 0.25) is 0 Å². The van der Waals surface area contributed by atoms with E-state index in [0.717, 1.165) is 5.56 Å². The Labute approximate surface area is 149 Å². The van der Waals surface area contributed by atoms with Crippen molar-refractivity contribution in [1.82, 2.24) is 5.32 Å². The first kappa shape index (κ1) is 20.3. The number of amides is 1. The van der Waals surface area contributed by atoms with E-state index in [4.69, 9.17) is 56.6 Å².